The van der Waals surface area contributed by atoms with E-state index in [-0.39, 0.29) is 60.8 Å². The van der Waals surface area contributed by atoms with E-state index in [1.54, 1.807) is 0 Å². The molecule has 5 nitrogen and oxygen atoms in total. The standard InChI is InChI=1S/C19H27O5P/c1-18(2)6-11(20)16(12(21)7-18)10(5-15(24)25)17-13(22)8-19(3,4)9-14(17)23/h10,16-17H,5-9,25H2,1-4H3. The van der Waals surface area contributed by atoms with E-state index in [1.165, 1.54) is 0 Å². The van der Waals surface area contributed by atoms with Gasteiger partial charge in [-0.1, -0.05) is 36.9 Å². The summed E-state index contributed by atoms with van der Waals surface area (Å²) in [6.07, 6.45) is 0.796. The van der Waals surface area contributed by atoms with E-state index in [2.05, 4.69) is 0 Å². The number of ketones is 4. The molecule has 2 saturated carbocycles. The quantitative estimate of drug-likeness (QED) is 0.564. The largest absolute Gasteiger partial charge is 0.299 e. The molecular weight excluding hydrogens is 339 g/mol. The lowest BCUT2D eigenvalue weighted by atomic mass is 9.60. The van der Waals surface area contributed by atoms with Crippen LogP contribution in [0.4, 0.5) is 0 Å². The van der Waals surface area contributed by atoms with Crippen LogP contribution in [-0.4, -0.2) is 28.7 Å². The molecule has 0 amide bonds. The van der Waals surface area contributed by atoms with Gasteiger partial charge in [-0.25, -0.2) is 0 Å². The van der Waals surface area contributed by atoms with Crippen LogP contribution < -0.4 is 0 Å². The van der Waals surface area contributed by atoms with Gasteiger partial charge in [-0.15, -0.1) is 0 Å². The van der Waals surface area contributed by atoms with Crippen molar-refractivity contribution in [2.45, 2.75) is 59.8 Å². The predicted molar refractivity (Wildman–Crippen MR) is 95.9 cm³/mol. The predicted octanol–water partition coefficient (Wildman–Crippen LogP) is 2.54. The maximum Gasteiger partial charge on any atom is 0.148 e. The molecule has 6 heteroatoms. The zero-order valence-electron chi connectivity index (χ0n) is 15.4. The lowest BCUT2D eigenvalue weighted by Gasteiger charge is -2.40. The highest BCUT2D eigenvalue weighted by Gasteiger charge is 2.51. The first-order valence-electron chi connectivity index (χ1n) is 8.72. The Kier molecular flexibility index (Phi) is 5.49. The Balaban J connectivity index is 2.38. The van der Waals surface area contributed by atoms with Gasteiger partial charge in [0.15, 0.2) is 0 Å². The Bertz CT molecular complexity index is 558. The topological polar surface area (TPSA) is 85.3 Å². The van der Waals surface area contributed by atoms with Gasteiger partial charge in [0.25, 0.3) is 0 Å². The van der Waals surface area contributed by atoms with E-state index < -0.39 is 28.6 Å². The summed E-state index contributed by atoms with van der Waals surface area (Å²) >= 11 is 0. The van der Waals surface area contributed by atoms with Gasteiger partial charge in [-0.3, -0.25) is 24.0 Å². The van der Waals surface area contributed by atoms with Crippen molar-refractivity contribution in [3.8, 4) is 0 Å². The zero-order valence-corrected chi connectivity index (χ0v) is 16.5. The first kappa shape index (κ1) is 20.1. The van der Waals surface area contributed by atoms with Crippen LogP contribution in [-0.2, 0) is 24.0 Å². The fourth-order valence-corrected chi connectivity index (χ4v) is 4.70. The summed E-state index contributed by atoms with van der Waals surface area (Å²) in [5, 5.41) is 0. The number of carbonyl (C=O) groups excluding carboxylic acids is 5. The normalized spacial score (nSPS) is 24.9. The van der Waals surface area contributed by atoms with Gasteiger partial charge in [-0.05, 0) is 16.7 Å². The van der Waals surface area contributed by atoms with Gasteiger partial charge in [-0.2, -0.15) is 0 Å². The van der Waals surface area contributed by atoms with Crippen molar-refractivity contribution >= 4 is 37.9 Å². The molecule has 0 bridgehead atoms. The Morgan fingerprint density at radius 3 is 1.36 bits per heavy atom. The van der Waals surface area contributed by atoms with Gasteiger partial charge in [0, 0.05) is 32.1 Å². The van der Waals surface area contributed by atoms with Gasteiger partial charge >= 0.3 is 0 Å². The molecule has 138 valence electrons. The minimum absolute atomic E-state index is 0.115. The smallest absolute Gasteiger partial charge is 0.148 e. The minimum Gasteiger partial charge on any atom is -0.299 e. The lowest BCUT2D eigenvalue weighted by molar-refractivity contribution is -0.148. The molecule has 2 fully saturated rings. The summed E-state index contributed by atoms with van der Waals surface area (Å²) in [5.74, 6) is -3.86. The first-order chi connectivity index (χ1) is 11.3. The van der Waals surface area contributed by atoms with E-state index in [0.717, 1.165) is 0 Å². The monoisotopic (exact) mass is 366 g/mol. The van der Waals surface area contributed by atoms with Crippen molar-refractivity contribution in [3.63, 3.8) is 0 Å². The molecule has 0 aromatic heterocycles. The number of rotatable bonds is 4. The molecule has 0 aliphatic heterocycles. The fourth-order valence-electron chi connectivity index (χ4n) is 4.43. The third-order valence-electron chi connectivity index (χ3n) is 5.29. The minimum atomic E-state index is -1.02. The van der Waals surface area contributed by atoms with Crippen molar-refractivity contribution in [2.75, 3.05) is 0 Å². The highest BCUT2D eigenvalue weighted by molar-refractivity contribution is 7.40. The molecule has 2 aliphatic carbocycles. The Morgan fingerprint density at radius 2 is 1.12 bits per heavy atom. The summed E-state index contributed by atoms with van der Waals surface area (Å²) in [6.45, 7) is 7.42. The lowest BCUT2D eigenvalue weighted by Crippen LogP contribution is -2.49. The van der Waals surface area contributed by atoms with Crippen LogP contribution in [0.2, 0.25) is 0 Å². The zero-order chi connectivity index (χ0) is 19.2. The molecule has 0 heterocycles. The molecule has 0 N–H and O–H groups in total. The van der Waals surface area contributed by atoms with E-state index in [1.807, 2.05) is 36.9 Å². The fraction of sp³-hybridized carbons (Fsp3) is 0.737. The van der Waals surface area contributed by atoms with Gasteiger partial charge in [0.2, 0.25) is 0 Å². The molecule has 0 aromatic rings. The second-order valence-electron chi connectivity index (χ2n) is 9.19. The average Bonchev–Trinajstić information content (AvgIpc) is 2.32. The molecule has 1 unspecified atom stereocenters. The van der Waals surface area contributed by atoms with Crippen LogP contribution in [0.15, 0.2) is 0 Å². The van der Waals surface area contributed by atoms with Crippen molar-refractivity contribution < 1.29 is 24.0 Å². The average molecular weight is 366 g/mol. The summed E-state index contributed by atoms with van der Waals surface area (Å²) < 4.78 is 0. The highest BCUT2D eigenvalue weighted by atomic mass is 31.0. The van der Waals surface area contributed by atoms with Crippen LogP contribution in [0.25, 0.3) is 0 Å². The number of hydrogen-bond acceptors (Lipinski definition) is 5. The maximum absolute atomic E-state index is 12.7. The third kappa shape index (κ3) is 4.49. The Labute approximate surface area is 150 Å². The SMILES string of the molecule is CC1(C)CC(=O)C(C(CC(=O)P)C2C(=O)CC(C)(C)CC2=O)C(=O)C1. The van der Waals surface area contributed by atoms with Gasteiger partial charge in [0.05, 0.1) is 11.8 Å². The first-order valence-corrected chi connectivity index (χ1v) is 9.30. The molecule has 2 rings (SSSR count). The van der Waals surface area contributed by atoms with Gasteiger partial charge in [0.1, 0.15) is 28.7 Å². The molecule has 0 saturated heterocycles. The maximum atomic E-state index is 12.7. The Morgan fingerprint density at radius 1 is 0.840 bits per heavy atom. The summed E-state index contributed by atoms with van der Waals surface area (Å²) in [5.41, 5.74) is -1.12. The second-order valence-corrected chi connectivity index (χ2v) is 9.83. The van der Waals surface area contributed by atoms with Crippen LogP contribution >= 0.6 is 9.24 Å². The van der Waals surface area contributed by atoms with Crippen molar-refractivity contribution in [3.05, 3.63) is 0 Å². The van der Waals surface area contributed by atoms with Gasteiger partial charge < -0.3 is 0 Å². The molecule has 25 heavy (non-hydrogen) atoms. The summed E-state index contributed by atoms with van der Waals surface area (Å²) in [6, 6.07) is 0. The van der Waals surface area contributed by atoms with E-state index >= 15 is 0 Å². The van der Waals surface area contributed by atoms with Crippen LogP contribution in [0, 0.1) is 28.6 Å². The molecular formula is C19H27O5P. The molecule has 2 aliphatic rings. The van der Waals surface area contributed by atoms with Crippen molar-refractivity contribution in [1.82, 2.24) is 0 Å². The highest BCUT2D eigenvalue weighted by Crippen LogP contribution is 2.44. The molecule has 1 atom stereocenters. The molecule has 0 spiro atoms. The number of Topliss-reactive ketones (excluding diaryl/α,β-unsaturated/α-hetero) is 4. The Hall–Kier alpha value is -1.22. The second kappa shape index (κ2) is 6.83. The van der Waals surface area contributed by atoms with Crippen LogP contribution in [0.5, 0.6) is 0 Å². The number of hydrogen-bond donors (Lipinski definition) is 0. The number of carbonyl (C=O) groups is 5. The van der Waals surface area contributed by atoms with Crippen molar-refractivity contribution in [1.29, 1.82) is 0 Å². The molecule has 0 radical (unpaired) electrons. The van der Waals surface area contributed by atoms with E-state index in [4.69, 9.17) is 0 Å². The van der Waals surface area contributed by atoms with Crippen LogP contribution in [0.1, 0.15) is 59.8 Å². The van der Waals surface area contributed by atoms with E-state index in [9.17, 15) is 24.0 Å². The van der Waals surface area contributed by atoms with Crippen LogP contribution in [0.3, 0.4) is 0 Å². The molecule has 0 aromatic carbocycles. The third-order valence-corrected chi connectivity index (χ3v) is 5.53. The summed E-state index contributed by atoms with van der Waals surface area (Å²) in [7, 11) is 2.03. The van der Waals surface area contributed by atoms with Crippen molar-refractivity contribution in [2.24, 2.45) is 28.6 Å². The van der Waals surface area contributed by atoms with E-state index in [0.29, 0.717) is 0 Å². The summed E-state index contributed by atoms with van der Waals surface area (Å²) in [4.78, 5) is 62.4.